The second-order valence-corrected chi connectivity index (χ2v) is 5.54. The van der Waals surface area contributed by atoms with E-state index in [2.05, 4.69) is 20.7 Å². The van der Waals surface area contributed by atoms with Gasteiger partial charge in [0, 0.05) is 12.6 Å². The predicted octanol–water partition coefficient (Wildman–Crippen LogP) is 1.79. The van der Waals surface area contributed by atoms with Crippen LogP contribution in [-0.4, -0.2) is 38.6 Å². The van der Waals surface area contributed by atoms with Gasteiger partial charge in [-0.3, -0.25) is 0 Å². The molecule has 0 radical (unpaired) electrons. The highest BCUT2D eigenvalue weighted by Gasteiger charge is 2.11. The van der Waals surface area contributed by atoms with Gasteiger partial charge in [0.2, 0.25) is 0 Å². The zero-order chi connectivity index (χ0) is 16.7. The lowest BCUT2D eigenvalue weighted by Crippen LogP contribution is -2.41. The van der Waals surface area contributed by atoms with Gasteiger partial charge in [-0.05, 0) is 44.4 Å². The van der Waals surface area contributed by atoms with Crippen LogP contribution in [0.5, 0.6) is 0 Å². The highest BCUT2D eigenvalue weighted by Crippen LogP contribution is 2.15. The van der Waals surface area contributed by atoms with Crippen LogP contribution in [-0.2, 0) is 0 Å². The van der Waals surface area contributed by atoms with E-state index in [-0.39, 0.29) is 24.7 Å². The van der Waals surface area contributed by atoms with Crippen molar-refractivity contribution in [2.24, 2.45) is 0 Å². The number of benzene rings is 1. The molecule has 1 aromatic heterocycles. The summed E-state index contributed by atoms with van der Waals surface area (Å²) in [6, 6.07) is 7.50. The Labute approximate surface area is 135 Å². The Morgan fingerprint density at radius 2 is 2.00 bits per heavy atom. The van der Waals surface area contributed by atoms with E-state index in [0.717, 1.165) is 17.7 Å². The van der Waals surface area contributed by atoms with Crippen molar-refractivity contribution in [1.29, 1.82) is 0 Å². The summed E-state index contributed by atoms with van der Waals surface area (Å²) in [6.07, 6.45) is 4.56. The van der Waals surface area contributed by atoms with Crippen LogP contribution in [0.1, 0.15) is 38.3 Å². The minimum atomic E-state index is -0.205. The number of nitrogens with zero attached hydrogens (tertiary/aromatic N) is 3. The van der Waals surface area contributed by atoms with Gasteiger partial charge < -0.3 is 15.7 Å². The van der Waals surface area contributed by atoms with Crippen LogP contribution in [0.25, 0.3) is 5.69 Å². The Morgan fingerprint density at radius 3 is 2.61 bits per heavy atom. The lowest BCUT2D eigenvalue weighted by molar-refractivity contribution is 0.231. The topological polar surface area (TPSA) is 92.1 Å². The molecule has 2 aromatic rings. The molecule has 0 aliphatic rings. The molecule has 7 nitrogen and oxygen atoms in total. The van der Waals surface area contributed by atoms with Crippen molar-refractivity contribution in [2.75, 3.05) is 6.61 Å². The number of carbonyl (C=O) groups is 1. The second kappa shape index (κ2) is 8.28. The summed E-state index contributed by atoms with van der Waals surface area (Å²) < 4.78 is 1.68. The van der Waals surface area contributed by atoms with E-state index in [1.54, 1.807) is 11.0 Å². The SMILES string of the molecule is CC(CCCO)NC(=O)NC(C)c1ccc(-n2cncn2)cc1. The second-order valence-electron chi connectivity index (χ2n) is 5.54. The van der Waals surface area contributed by atoms with Gasteiger partial charge in [0.05, 0.1) is 11.7 Å². The van der Waals surface area contributed by atoms with Crippen LogP contribution in [0.15, 0.2) is 36.9 Å². The molecule has 0 aliphatic heterocycles. The Morgan fingerprint density at radius 1 is 1.26 bits per heavy atom. The van der Waals surface area contributed by atoms with Crippen molar-refractivity contribution in [1.82, 2.24) is 25.4 Å². The van der Waals surface area contributed by atoms with E-state index in [0.29, 0.717) is 6.42 Å². The van der Waals surface area contributed by atoms with Gasteiger partial charge in [-0.15, -0.1) is 0 Å². The molecule has 23 heavy (non-hydrogen) atoms. The first-order chi connectivity index (χ1) is 11.1. The lowest BCUT2D eigenvalue weighted by Gasteiger charge is -2.18. The van der Waals surface area contributed by atoms with E-state index >= 15 is 0 Å². The van der Waals surface area contributed by atoms with Crippen LogP contribution in [0.4, 0.5) is 4.79 Å². The Bertz CT molecular complexity index is 597. The average molecular weight is 317 g/mol. The van der Waals surface area contributed by atoms with Gasteiger partial charge in [-0.25, -0.2) is 14.5 Å². The van der Waals surface area contributed by atoms with Crippen LogP contribution >= 0.6 is 0 Å². The van der Waals surface area contributed by atoms with Gasteiger partial charge in [0.15, 0.2) is 0 Å². The van der Waals surface area contributed by atoms with Crippen molar-refractivity contribution < 1.29 is 9.90 Å². The first-order valence-corrected chi connectivity index (χ1v) is 7.73. The smallest absolute Gasteiger partial charge is 0.315 e. The molecule has 0 bridgehead atoms. The largest absolute Gasteiger partial charge is 0.396 e. The molecular weight excluding hydrogens is 294 g/mol. The van der Waals surface area contributed by atoms with E-state index in [1.165, 1.54) is 6.33 Å². The van der Waals surface area contributed by atoms with E-state index in [1.807, 2.05) is 38.1 Å². The fraction of sp³-hybridized carbons (Fsp3) is 0.438. The quantitative estimate of drug-likeness (QED) is 0.726. The lowest BCUT2D eigenvalue weighted by atomic mass is 10.1. The molecule has 2 atom stereocenters. The molecule has 7 heteroatoms. The summed E-state index contributed by atoms with van der Waals surface area (Å²) in [6.45, 7) is 4.00. The summed E-state index contributed by atoms with van der Waals surface area (Å²) in [5.74, 6) is 0. The third-order valence-electron chi connectivity index (χ3n) is 3.60. The summed E-state index contributed by atoms with van der Waals surface area (Å²) in [5.41, 5.74) is 1.92. The zero-order valence-electron chi connectivity index (χ0n) is 13.4. The van der Waals surface area contributed by atoms with Gasteiger partial charge in [0.1, 0.15) is 12.7 Å². The van der Waals surface area contributed by atoms with Crippen molar-refractivity contribution in [3.63, 3.8) is 0 Å². The van der Waals surface area contributed by atoms with Crippen LogP contribution in [0.3, 0.4) is 0 Å². The average Bonchev–Trinajstić information content (AvgIpc) is 3.07. The number of carbonyl (C=O) groups excluding carboxylic acids is 1. The molecule has 1 heterocycles. The molecule has 1 aromatic carbocycles. The van der Waals surface area contributed by atoms with E-state index in [4.69, 9.17) is 5.11 Å². The fourth-order valence-corrected chi connectivity index (χ4v) is 2.27. The molecule has 0 fully saturated rings. The van der Waals surface area contributed by atoms with Crippen LogP contribution in [0, 0.1) is 0 Å². The van der Waals surface area contributed by atoms with Crippen molar-refractivity contribution in [2.45, 2.75) is 38.8 Å². The number of hydrogen-bond acceptors (Lipinski definition) is 4. The number of urea groups is 1. The maximum Gasteiger partial charge on any atom is 0.315 e. The molecule has 3 N–H and O–H groups in total. The summed E-state index contributed by atoms with van der Waals surface area (Å²) in [7, 11) is 0. The molecule has 2 amide bonds. The standard InChI is InChI=1S/C16H23N5O2/c1-12(4-3-9-22)19-16(23)20-13(2)14-5-7-15(8-6-14)21-11-17-10-18-21/h5-8,10-13,22H,3-4,9H2,1-2H3,(H2,19,20,23). The molecule has 0 aliphatic carbocycles. The third kappa shape index (κ3) is 5.07. The minimum Gasteiger partial charge on any atom is -0.396 e. The van der Waals surface area contributed by atoms with Crippen molar-refractivity contribution in [3.8, 4) is 5.69 Å². The van der Waals surface area contributed by atoms with E-state index in [9.17, 15) is 4.79 Å². The molecule has 0 saturated heterocycles. The van der Waals surface area contributed by atoms with E-state index < -0.39 is 0 Å². The number of nitrogens with one attached hydrogen (secondary N) is 2. The number of hydrogen-bond donors (Lipinski definition) is 3. The first-order valence-electron chi connectivity index (χ1n) is 7.73. The molecular formula is C16H23N5O2. The fourth-order valence-electron chi connectivity index (χ4n) is 2.27. The van der Waals surface area contributed by atoms with Crippen molar-refractivity contribution in [3.05, 3.63) is 42.5 Å². The Balaban J connectivity index is 1.87. The van der Waals surface area contributed by atoms with Gasteiger partial charge in [-0.1, -0.05) is 12.1 Å². The highest BCUT2D eigenvalue weighted by atomic mass is 16.3. The van der Waals surface area contributed by atoms with Gasteiger partial charge in [0.25, 0.3) is 0 Å². The van der Waals surface area contributed by atoms with Crippen LogP contribution in [0.2, 0.25) is 0 Å². The Hall–Kier alpha value is -2.41. The number of aliphatic hydroxyl groups excluding tert-OH is 1. The summed E-state index contributed by atoms with van der Waals surface area (Å²) in [5, 5.41) is 18.6. The highest BCUT2D eigenvalue weighted by molar-refractivity contribution is 5.74. The molecule has 0 saturated carbocycles. The Kier molecular flexibility index (Phi) is 6.10. The third-order valence-corrected chi connectivity index (χ3v) is 3.60. The van der Waals surface area contributed by atoms with Gasteiger partial charge in [-0.2, -0.15) is 5.10 Å². The molecule has 2 unspecified atom stereocenters. The maximum absolute atomic E-state index is 11.9. The zero-order valence-corrected chi connectivity index (χ0v) is 13.4. The van der Waals surface area contributed by atoms with Crippen LogP contribution < -0.4 is 10.6 Å². The molecule has 2 rings (SSSR count). The monoisotopic (exact) mass is 317 g/mol. The number of rotatable bonds is 7. The molecule has 0 spiro atoms. The summed E-state index contributed by atoms with van der Waals surface area (Å²) in [4.78, 5) is 15.9. The van der Waals surface area contributed by atoms with Gasteiger partial charge >= 0.3 is 6.03 Å². The normalized spacial score (nSPS) is 13.3. The maximum atomic E-state index is 11.9. The predicted molar refractivity (Wildman–Crippen MR) is 87.2 cm³/mol. The summed E-state index contributed by atoms with van der Waals surface area (Å²) >= 11 is 0. The number of amides is 2. The first kappa shape index (κ1) is 17.0. The number of aromatic nitrogens is 3. The molecule has 124 valence electrons. The van der Waals surface area contributed by atoms with Crippen molar-refractivity contribution >= 4 is 6.03 Å². The number of aliphatic hydroxyl groups is 1. The minimum absolute atomic E-state index is 0.0315.